The molecular formula is C23H24ClN5O3. The number of carbonyl (C=O) groups excluding carboxylic acids is 1. The fourth-order valence-corrected chi connectivity index (χ4v) is 3.78. The summed E-state index contributed by atoms with van der Waals surface area (Å²) < 4.78 is 10.7. The van der Waals surface area contributed by atoms with E-state index in [2.05, 4.69) is 20.4 Å². The van der Waals surface area contributed by atoms with Crippen LogP contribution in [0.3, 0.4) is 0 Å². The van der Waals surface area contributed by atoms with Crippen molar-refractivity contribution in [3.05, 3.63) is 59.6 Å². The van der Waals surface area contributed by atoms with Crippen molar-refractivity contribution in [1.82, 2.24) is 15.1 Å². The van der Waals surface area contributed by atoms with E-state index >= 15 is 0 Å². The van der Waals surface area contributed by atoms with Crippen LogP contribution >= 0.6 is 11.6 Å². The number of anilines is 2. The number of rotatable bonds is 5. The van der Waals surface area contributed by atoms with Crippen LogP contribution in [0.4, 0.5) is 16.3 Å². The van der Waals surface area contributed by atoms with Gasteiger partial charge in [0.25, 0.3) is 0 Å². The van der Waals surface area contributed by atoms with Crippen LogP contribution < -0.4 is 19.7 Å². The van der Waals surface area contributed by atoms with E-state index < -0.39 is 0 Å². The highest BCUT2D eigenvalue weighted by molar-refractivity contribution is 6.31. The zero-order valence-corrected chi connectivity index (χ0v) is 18.7. The summed E-state index contributed by atoms with van der Waals surface area (Å²) in [5.74, 6) is 2.09. The molecular weight excluding hydrogens is 430 g/mol. The van der Waals surface area contributed by atoms with Crippen molar-refractivity contribution in [3.8, 4) is 22.8 Å². The Labute approximate surface area is 191 Å². The smallest absolute Gasteiger partial charge is 0.322 e. The topological polar surface area (TPSA) is 79.8 Å². The lowest BCUT2D eigenvalue weighted by molar-refractivity contribution is 0.208. The minimum Gasteiger partial charge on any atom is -0.496 e. The number of methoxy groups -OCH3 is 2. The standard InChI is InChI=1S/C23H24ClN5O3/c1-31-20-6-4-3-5-17(20)18-8-10-22(27-26-18)28-11-13-29(14-12-28)23(30)25-19-15-16(24)7-9-21(19)32-2/h3-10,15H,11-14H2,1-2H3,(H,25,30). The molecule has 0 aliphatic carbocycles. The third-order valence-corrected chi connectivity index (χ3v) is 5.56. The molecule has 166 valence electrons. The van der Waals surface area contributed by atoms with Crippen molar-refractivity contribution >= 4 is 29.1 Å². The van der Waals surface area contributed by atoms with E-state index in [9.17, 15) is 4.79 Å². The first-order chi connectivity index (χ1) is 15.6. The average Bonchev–Trinajstić information content (AvgIpc) is 2.84. The molecule has 1 fully saturated rings. The normalized spacial score (nSPS) is 13.6. The number of ether oxygens (including phenoxy) is 2. The molecule has 1 saturated heterocycles. The monoisotopic (exact) mass is 453 g/mol. The van der Waals surface area contributed by atoms with Crippen molar-refractivity contribution in [2.75, 3.05) is 50.6 Å². The van der Waals surface area contributed by atoms with Gasteiger partial charge in [0.05, 0.1) is 25.6 Å². The molecule has 2 amide bonds. The van der Waals surface area contributed by atoms with Gasteiger partial charge in [-0.1, -0.05) is 23.7 Å². The largest absolute Gasteiger partial charge is 0.496 e. The molecule has 2 heterocycles. The van der Waals surface area contributed by atoms with Gasteiger partial charge in [-0.15, -0.1) is 10.2 Å². The number of amides is 2. The van der Waals surface area contributed by atoms with Crippen LogP contribution in [0, 0.1) is 0 Å². The van der Waals surface area contributed by atoms with Crippen LogP contribution in [0.2, 0.25) is 5.02 Å². The van der Waals surface area contributed by atoms with Gasteiger partial charge in [0.1, 0.15) is 11.5 Å². The Morgan fingerprint density at radius 3 is 2.38 bits per heavy atom. The van der Waals surface area contributed by atoms with Gasteiger partial charge >= 0.3 is 6.03 Å². The molecule has 32 heavy (non-hydrogen) atoms. The first-order valence-electron chi connectivity index (χ1n) is 10.2. The minimum absolute atomic E-state index is 0.192. The lowest BCUT2D eigenvalue weighted by Gasteiger charge is -2.35. The zero-order valence-electron chi connectivity index (χ0n) is 17.9. The predicted molar refractivity (Wildman–Crippen MR) is 125 cm³/mol. The molecule has 0 unspecified atom stereocenters. The van der Waals surface area contributed by atoms with Crippen molar-refractivity contribution in [3.63, 3.8) is 0 Å². The third-order valence-electron chi connectivity index (χ3n) is 5.33. The second-order valence-electron chi connectivity index (χ2n) is 7.23. The van der Waals surface area contributed by atoms with Crippen LogP contribution in [-0.2, 0) is 0 Å². The second-order valence-corrected chi connectivity index (χ2v) is 7.66. The number of aromatic nitrogens is 2. The SMILES string of the molecule is COc1ccc(Cl)cc1NC(=O)N1CCN(c2ccc(-c3ccccc3OC)nn2)CC1. The summed E-state index contributed by atoms with van der Waals surface area (Å²) in [6.45, 7) is 2.43. The summed E-state index contributed by atoms with van der Waals surface area (Å²) in [5.41, 5.74) is 2.19. The molecule has 0 saturated carbocycles. The van der Waals surface area contributed by atoms with E-state index in [1.54, 1.807) is 37.3 Å². The van der Waals surface area contributed by atoms with E-state index in [0.29, 0.717) is 42.6 Å². The average molecular weight is 454 g/mol. The molecule has 0 radical (unpaired) electrons. The Hall–Kier alpha value is -3.52. The van der Waals surface area contributed by atoms with Crippen molar-refractivity contribution < 1.29 is 14.3 Å². The lowest BCUT2D eigenvalue weighted by Crippen LogP contribution is -2.50. The molecule has 4 rings (SSSR count). The molecule has 0 bridgehead atoms. The number of urea groups is 1. The van der Waals surface area contributed by atoms with Crippen LogP contribution in [0.5, 0.6) is 11.5 Å². The molecule has 2 aromatic carbocycles. The van der Waals surface area contributed by atoms with Gasteiger partial charge in [-0.3, -0.25) is 0 Å². The molecule has 9 heteroatoms. The van der Waals surface area contributed by atoms with Gasteiger partial charge < -0.3 is 24.6 Å². The summed E-state index contributed by atoms with van der Waals surface area (Å²) in [4.78, 5) is 16.6. The Morgan fingerprint density at radius 2 is 1.69 bits per heavy atom. The van der Waals surface area contributed by atoms with E-state index in [1.807, 2.05) is 36.4 Å². The highest BCUT2D eigenvalue weighted by Crippen LogP contribution is 2.29. The highest BCUT2D eigenvalue weighted by Gasteiger charge is 2.23. The zero-order chi connectivity index (χ0) is 22.5. The number of hydrogen-bond donors (Lipinski definition) is 1. The second kappa shape index (κ2) is 9.74. The molecule has 1 aliphatic rings. The summed E-state index contributed by atoms with van der Waals surface area (Å²) >= 11 is 6.05. The van der Waals surface area contributed by atoms with E-state index in [1.165, 1.54) is 0 Å². The molecule has 8 nitrogen and oxygen atoms in total. The predicted octanol–water partition coefficient (Wildman–Crippen LogP) is 4.17. The number of para-hydroxylation sites is 1. The van der Waals surface area contributed by atoms with Gasteiger partial charge in [0, 0.05) is 36.8 Å². The number of benzene rings is 2. The number of nitrogens with one attached hydrogen (secondary N) is 1. The minimum atomic E-state index is -0.192. The Bertz CT molecular complexity index is 1090. The van der Waals surface area contributed by atoms with Gasteiger partial charge in [-0.05, 0) is 42.5 Å². The van der Waals surface area contributed by atoms with E-state index in [-0.39, 0.29) is 6.03 Å². The first-order valence-corrected chi connectivity index (χ1v) is 10.6. The molecule has 0 spiro atoms. The molecule has 0 atom stereocenters. The number of piperazine rings is 1. The Balaban J connectivity index is 1.37. The van der Waals surface area contributed by atoms with Gasteiger partial charge in [0.15, 0.2) is 5.82 Å². The van der Waals surface area contributed by atoms with Gasteiger partial charge in [-0.2, -0.15) is 0 Å². The third kappa shape index (κ3) is 4.70. The molecule has 1 aromatic heterocycles. The fraction of sp³-hybridized carbons (Fsp3) is 0.261. The number of carbonyl (C=O) groups is 1. The Morgan fingerprint density at radius 1 is 0.938 bits per heavy atom. The number of hydrogen-bond acceptors (Lipinski definition) is 6. The quantitative estimate of drug-likeness (QED) is 0.624. The van der Waals surface area contributed by atoms with Crippen LogP contribution in [-0.4, -0.2) is 61.5 Å². The maximum Gasteiger partial charge on any atom is 0.322 e. The lowest BCUT2D eigenvalue weighted by atomic mass is 10.1. The summed E-state index contributed by atoms with van der Waals surface area (Å²) in [7, 11) is 3.19. The maximum atomic E-state index is 12.7. The number of halogens is 1. The van der Waals surface area contributed by atoms with Crippen LogP contribution in [0.15, 0.2) is 54.6 Å². The van der Waals surface area contributed by atoms with Crippen molar-refractivity contribution in [1.29, 1.82) is 0 Å². The van der Waals surface area contributed by atoms with Gasteiger partial charge in [-0.25, -0.2) is 4.79 Å². The summed E-state index contributed by atoms with van der Waals surface area (Å²) in [6.07, 6.45) is 0. The van der Waals surface area contributed by atoms with Crippen molar-refractivity contribution in [2.45, 2.75) is 0 Å². The molecule has 3 aromatic rings. The summed E-state index contributed by atoms with van der Waals surface area (Å²) in [5, 5.41) is 12.2. The van der Waals surface area contributed by atoms with Crippen LogP contribution in [0.25, 0.3) is 11.3 Å². The maximum absolute atomic E-state index is 12.7. The fourth-order valence-electron chi connectivity index (χ4n) is 3.60. The van der Waals surface area contributed by atoms with Crippen molar-refractivity contribution in [2.24, 2.45) is 0 Å². The van der Waals surface area contributed by atoms with E-state index in [0.717, 1.165) is 22.8 Å². The Kier molecular flexibility index (Phi) is 6.61. The summed E-state index contributed by atoms with van der Waals surface area (Å²) in [6, 6.07) is 16.5. The van der Waals surface area contributed by atoms with Crippen LogP contribution in [0.1, 0.15) is 0 Å². The van der Waals surface area contributed by atoms with Gasteiger partial charge in [0.2, 0.25) is 0 Å². The molecule has 1 N–H and O–H groups in total. The molecule has 1 aliphatic heterocycles. The van der Waals surface area contributed by atoms with E-state index in [4.69, 9.17) is 21.1 Å². The highest BCUT2D eigenvalue weighted by atomic mass is 35.5. The first kappa shape index (κ1) is 21.7. The number of nitrogens with zero attached hydrogens (tertiary/aromatic N) is 4.